The average Bonchev–Trinajstić information content (AvgIpc) is 3.30. The predicted molar refractivity (Wildman–Crippen MR) is 134 cm³/mol. The molecule has 5 aromatic rings. The Bertz CT molecular complexity index is 1460. The summed E-state index contributed by atoms with van der Waals surface area (Å²) >= 11 is 0. The number of nitrogens with zero attached hydrogens (tertiary/aromatic N) is 4. The van der Waals surface area contributed by atoms with E-state index in [1.165, 1.54) is 0 Å². The van der Waals surface area contributed by atoms with Crippen molar-refractivity contribution < 1.29 is 0 Å². The van der Waals surface area contributed by atoms with E-state index in [9.17, 15) is 0 Å². The van der Waals surface area contributed by atoms with Crippen molar-refractivity contribution >= 4 is 39.5 Å². The molecule has 33 heavy (non-hydrogen) atoms. The third kappa shape index (κ3) is 4.99. The number of nitrogen functional groups attached to an aromatic ring is 1. The minimum atomic E-state index is 0.552. The minimum Gasteiger partial charge on any atom is -0.398 e. The zero-order valence-electron chi connectivity index (χ0n) is 17.7. The molecule has 6 nitrogen and oxygen atoms in total. The van der Waals surface area contributed by atoms with Crippen molar-refractivity contribution in [1.82, 2.24) is 9.55 Å². The Morgan fingerprint density at radius 3 is 2.06 bits per heavy atom. The van der Waals surface area contributed by atoms with E-state index in [0.717, 1.165) is 28.1 Å². The number of anilines is 3. The lowest BCUT2D eigenvalue weighted by molar-refractivity contribution is 1.09. The van der Waals surface area contributed by atoms with Gasteiger partial charge in [0.2, 0.25) is 0 Å². The number of rotatable bonds is 3. The van der Waals surface area contributed by atoms with Crippen molar-refractivity contribution in [2.75, 3.05) is 11.1 Å². The molecule has 0 aliphatic rings. The summed E-state index contributed by atoms with van der Waals surface area (Å²) in [7, 11) is 0. The topological polar surface area (TPSA) is 64.6 Å². The van der Waals surface area contributed by atoms with Gasteiger partial charge in [-0.25, -0.2) is 14.7 Å². The summed E-state index contributed by atoms with van der Waals surface area (Å²) in [5.41, 5.74) is 12.3. The lowest BCUT2D eigenvalue weighted by Crippen LogP contribution is -1.95. The summed E-state index contributed by atoms with van der Waals surface area (Å²) in [6, 6.07) is 30.6. The van der Waals surface area contributed by atoms with E-state index in [-0.39, 0.29) is 0 Å². The number of hydrogen-bond donors (Lipinski definition) is 2. The molecule has 0 saturated heterocycles. The average molecular weight is 428 g/mol. The van der Waals surface area contributed by atoms with Gasteiger partial charge in [-0.3, -0.25) is 4.57 Å². The Kier molecular flexibility index (Phi) is 6.30. The molecule has 0 amide bonds. The van der Waals surface area contributed by atoms with Crippen LogP contribution >= 0.6 is 0 Å². The number of fused-ring (bicyclic) bond motifs is 1. The molecule has 0 bridgehead atoms. The minimum absolute atomic E-state index is 0.552. The summed E-state index contributed by atoms with van der Waals surface area (Å²) < 4.78 is 2.02. The number of hydrogen-bond acceptors (Lipinski definition) is 3. The van der Waals surface area contributed by atoms with Gasteiger partial charge in [0.15, 0.2) is 11.4 Å². The SMILES string of the molecule is [C-]#[N+]c1ccc(Nc2ccccc2)c(N)c1.[C-]#[N+]c1ccc2c(c1)ncn2-c1ccccc1. The van der Waals surface area contributed by atoms with Gasteiger partial charge in [-0.1, -0.05) is 48.5 Å². The predicted octanol–water partition coefficient (Wildman–Crippen LogP) is 7.14. The molecule has 158 valence electrons. The number of aromatic nitrogens is 2. The maximum atomic E-state index is 6.98. The molecule has 5 rings (SSSR count). The van der Waals surface area contributed by atoms with Gasteiger partial charge >= 0.3 is 0 Å². The first-order valence-electron chi connectivity index (χ1n) is 10.2. The summed E-state index contributed by atoms with van der Waals surface area (Å²) in [4.78, 5) is 11.0. The van der Waals surface area contributed by atoms with Crippen LogP contribution in [0.3, 0.4) is 0 Å². The monoisotopic (exact) mass is 428 g/mol. The summed E-state index contributed by atoms with van der Waals surface area (Å²) in [5, 5.41) is 3.20. The number of nitrogens with one attached hydrogen (secondary N) is 1. The summed E-state index contributed by atoms with van der Waals surface area (Å²) in [6.45, 7) is 13.9. The second kappa shape index (κ2) is 9.82. The number of para-hydroxylation sites is 2. The van der Waals surface area contributed by atoms with Gasteiger partial charge in [0.25, 0.3) is 0 Å². The maximum absolute atomic E-state index is 6.98. The van der Waals surface area contributed by atoms with Crippen molar-refractivity contribution in [3.05, 3.63) is 126 Å². The number of benzene rings is 4. The second-order valence-electron chi connectivity index (χ2n) is 7.11. The van der Waals surface area contributed by atoms with Gasteiger partial charge in [0.1, 0.15) is 6.33 Å². The van der Waals surface area contributed by atoms with Crippen molar-refractivity contribution in [1.29, 1.82) is 0 Å². The van der Waals surface area contributed by atoms with E-state index >= 15 is 0 Å². The van der Waals surface area contributed by atoms with E-state index in [1.807, 2.05) is 89.5 Å². The molecule has 0 fully saturated rings. The molecule has 6 heteroatoms. The molecule has 0 aliphatic carbocycles. The Morgan fingerprint density at radius 1 is 0.758 bits per heavy atom. The van der Waals surface area contributed by atoms with Crippen LogP contribution in [0.15, 0.2) is 103 Å². The van der Waals surface area contributed by atoms with Gasteiger partial charge in [-0.2, -0.15) is 0 Å². The van der Waals surface area contributed by atoms with Crippen LogP contribution in [0.4, 0.5) is 28.4 Å². The van der Waals surface area contributed by atoms with Crippen LogP contribution in [0, 0.1) is 13.1 Å². The number of imidazole rings is 1. The first kappa shape index (κ1) is 21.2. The van der Waals surface area contributed by atoms with E-state index in [4.69, 9.17) is 18.9 Å². The molecule has 3 N–H and O–H groups in total. The Morgan fingerprint density at radius 2 is 1.39 bits per heavy atom. The Balaban J connectivity index is 0.000000157. The normalized spacial score (nSPS) is 9.88. The lowest BCUT2D eigenvalue weighted by atomic mass is 10.2. The third-order valence-corrected chi connectivity index (χ3v) is 4.91. The first-order chi connectivity index (χ1) is 16.2. The van der Waals surface area contributed by atoms with E-state index in [0.29, 0.717) is 17.1 Å². The van der Waals surface area contributed by atoms with Crippen molar-refractivity contribution in [2.45, 2.75) is 0 Å². The highest BCUT2D eigenvalue weighted by Gasteiger charge is 2.04. The van der Waals surface area contributed by atoms with Crippen LogP contribution in [0.5, 0.6) is 0 Å². The summed E-state index contributed by atoms with van der Waals surface area (Å²) in [5.74, 6) is 0. The van der Waals surface area contributed by atoms with Crippen LogP contribution in [0.2, 0.25) is 0 Å². The zero-order chi connectivity index (χ0) is 23.0. The third-order valence-electron chi connectivity index (χ3n) is 4.91. The van der Waals surface area contributed by atoms with E-state index in [1.54, 1.807) is 18.5 Å². The zero-order valence-corrected chi connectivity index (χ0v) is 17.7. The highest BCUT2D eigenvalue weighted by atomic mass is 15.0. The Hall–Kier alpha value is -5.07. The summed E-state index contributed by atoms with van der Waals surface area (Å²) in [6.07, 6.45) is 1.79. The highest BCUT2D eigenvalue weighted by Crippen LogP contribution is 2.27. The smallest absolute Gasteiger partial charge is 0.189 e. The molecule has 1 heterocycles. The maximum Gasteiger partial charge on any atom is 0.189 e. The lowest BCUT2D eigenvalue weighted by Gasteiger charge is -2.09. The largest absolute Gasteiger partial charge is 0.398 e. The van der Waals surface area contributed by atoms with Gasteiger partial charge in [-0.15, -0.1) is 0 Å². The fraction of sp³-hybridized carbons (Fsp3) is 0. The quantitative estimate of drug-likeness (QED) is 0.237. The van der Waals surface area contributed by atoms with Crippen LogP contribution < -0.4 is 11.1 Å². The van der Waals surface area contributed by atoms with Gasteiger partial charge < -0.3 is 11.1 Å². The molecule has 1 aromatic heterocycles. The number of nitrogens with two attached hydrogens (primary N) is 1. The second-order valence-corrected chi connectivity index (χ2v) is 7.11. The molecule has 0 atom stereocenters. The molecule has 0 saturated carbocycles. The van der Waals surface area contributed by atoms with Crippen molar-refractivity contribution in [2.24, 2.45) is 0 Å². The molecule has 0 radical (unpaired) electrons. The van der Waals surface area contributed by atoms with E-state index < -0.39 is 0 Å². The first-order valence-corrected chi connectivity index (χ1v) is 10.2. The van der Waals surface area contributed by atoms with Crippen LogP contribution in [0.25, 0.3) is 26.4 Å². The van der Waals surface area contributed by atoms with Gasteiger partial charge in [0, 0.05) is 17.1 Å². The fourth-order valence-electron chi connectivity index (χ4n) is 3.28. The Labute approximate surface area is 192 Å². The highest BCUT2D eigenvalue weighted by molar-refractivity contribution is 5.81. The van der Waals surface area contributed by atoms with Crippen LogP contribution in [0.1, 0.15) is 0 Å². The fourth-order valence-corrected chi connectivity index (χ4v) is 3.28. The molecule has 0 aliphatic heterocycles. The van der Waals surface area contributed by atoms with Crippen molar-refractivity contribution in [3.63, 3.8) is 0 Å². The molecular formula is C27H20N6. The van der Waals surface area contributed by atoms with Crippen LogP contribution in [-0.4, -0.2) is 9.55 Å². The standard InChI is InChI=1S/C14H9N3.C13H11N3/c1-15-11-7-8-14-13(9-11)16-10-17(14)12-5-3-2-4-6-12;1-15-11-7-8-13(12(14)9-11)16-10-5-3-2-4-6-10/h2-10H;2-9,16H,14H2. The van der Waals surface area contributed by atoms with Gasteiger partial charge in [0.05, 0.1) is 29.9 Å². The molecule has 4 aromatic carbocycles. The molecule has 0 spiro atoms. The molecule has 0 unspecified atom stereocenters. The van der Waals surface area contributed by atoms with Crippen LogP contribution in [-0.2, 0) is 0 Å². The molecular weight excluding hydrogens is 408 g/mol. The van der Waals surface area contributed by atoms with Gasteiger partial charge in [-0.05, 0) is 48.5 Å². The van der Waals surface area contributed by atoms with Crippen molar-refractivity contribution in [3.8, 4) is 5.69 Å². The van der Waals surface area contributed by atoms with E-state index in [2.05, 4.69) is 20.0 Å².